The van der Waals surface area contributed by atoms with Crippen LogP contribution in [0.1, 0.15) is 52.3 Å². The first-order chi connectivity index (χ1) is 15.0. The molecule has 0 fully saturated rings. The summed E-state index contributed by atoms with van der Waals surface area (Å²) in [6.45, 7) is 4.64. The minimum absolute atomic E-state index is 0. The van der Waals surface area contributed by atoms with Crippen molar-refractivity contribution in [3.63, 3.8) is 0 Å². The van der Waals surface area contributed by atoms with Gasteiger partial charge in [-0.1, -0.05) is 12.1 Å². The van der Waals surface area contributed by atoms with Crippen LogP contribution in [0.15, 0.2) is 33.5 Å². The van der Waals surface area contributed by atoms with Crippen LogP contribution in [0, 0.1) is 12.7 Å². The molecule has 3 N–H and O–H groups in total. The number of carbonyl (C=O) groups is 2. The Kier molecular flexibility index (Phi) is 8.65. The van der Waals surface area contributed by atoms with Crippen molar-refractivity contribution in [2.75, 3.05) is 0 Å². The zero-order valence-electron chi connectivity index (χ0n) is 17.8. The Labute approximate surface area is 230 Å². The summed E-state index contributed by atoms with van der Waals surface area (Å²) in [5.74, 6) is -2.88. The van der Waals surface area contributed by atoms with Crippen molar-refractivity contribution in [3.05, 3.63) is 69.3 Å². The molecule has 0 aliphatic carbocycles. The summed E-state index contributed by atoms with van der Waals surface area (Å²) in [6.07, 6.45) is 0. The topological polar surface area (TPSA) is 152 Å². The van der Waals surface area contributed by atoms with Crippen molar-refractivity contribution in [1.82, 2.24) is 30.4 Å². The van der Waals surface area contributed by atoms with E-state index in [0.717, 1.165) is 4.57 Å². The number of hydrogen-bond acceptors (Lipinski definition) is 8. The van der Waals surface area contributed by atoms with Crippen molar-refractivity contribution >= 4 is 63.2 Å². The number of nitrogens with one attached hydrogen (secondary N) is 2. The van der Waals surface area contributed by atoms with Crippen molar-refractivity contribution < 1.29 is 23.5 Å². The quantitative estimate of drug-likeness (QED) is 0.422. The van der Waals surface area contributed by atoms with Gasteiger partial charge in [0.2, 0.25) is 11.6 Å². The van der Waals surface area contributed by atoms with Crippen molar-refractivity contribution in [1.29, 1.82) is 0 Å². The second kappa shape index (κ2) is 10.7. The molecule has 13 heteroatoms. The molecule has 2 amide bonds. The van der Waals surface area contributed by atoms with Gasteiger partial charge >= 0.3 is 63.2 Å². The van der Waals surface area contributed by atoms with E-state index in [9.17, 15) is 23.9 Å². The number of carbonyl (C=O) groups excluding carboxylic acids is 2. The van der Waals surface area contributed by atoms with Gasteiger partial charge in [-0.2, -0.15) is 0 Å². The Balaban J connectivity index is 0.00000385. The van der Waals surface area contributed by atoms with Gasteiger partial charge in [0.25, 0.3) is 11.5 Å². The maximum absolute atomic E-state index is 13.0. The Morgan fingerprint density at radius 1 is 1.18 bits per heavy atom. The van der Waals surface area contributed by atoms with E-state index in [1.54, 1.807) is 13.8 Å². The zero-order valence-corrected chi connectivity index (χ0v) is 17.8. The molecule has 0 unspecified atom stereocenters. The molecule has 0 saturated carbocycles. The molecule has 1 aromatic carbocycles. The third kappa shape index (κ3) is 6.12. The molecule has 2 heterocycles. The van der Waals surface area contributed by atoms with Gasteiger partial charge in [0, 0.05) is 20.5 Å². The second-order valence-corrected chi connectivity index (χ2v) is 7.51. The Hall–Kier alpha value is -2.45. The molecule has 33 heavy (non-hydrogen) atoms. The average molecular weight is 485 g/mol. The summed E-state index contributed by atoms with van der Waals surface area (Å²) in [7, 11) is 1.34. The summed E-state index contributed by atoms with van der Waals surface area (Å²) >= 11 is 0. The van der Waals surface area contributed by atoms with Crippen LogP contribution in [0.25, 0.3) is 0 Å². The van der Waals surface area contributed by atoms with Gasteiger partial charge in [-0.3, -0.25) is 19.0 Å². The first-order valence-electron chi connectivity index (χ1n) is 9.45. The van der Waals surface area contributed by atoms with Crippen molar-refractivity contribution in [2.45, 2.75) is 32.9 Å². The average Bonchev–Trinajstić information content (AvgIpc) is 3.17. The molecule has 2 aromatic heterocycles. The SMILES string of the molecule is Cc1nnc(C(=O)NC(C)(C)c2nc(C(=O)NCc3ccc(F)cc3)c(O)c(=O)n2C)o1.[KH]. The van der Waals surface area contributed by atoms with Crippen LogP contribution in [0.4, 0.5) is 4.39 Å². The molecule has 0 atom stereocenters. The van der Waals surface area contributed by atoms with Crippen LogP contribution in [-0.2, 0) is 19.1 Å². The molecule has 0 spiro atoms. The van der Waals surface area contributed by atoms with Crippen molar-refractivity contribution in [2.24, 2.45) is 7.05 Å². The minimum atomic E-state index is -1.27. The summed E-state index contributed by atoms with van der Waals surface area (Å²) < 4.78 is 19.1. The summed E-state index contributed by atoms with van der Waals surface area (Å²) in [5, 5.41) is 22.6. The number of aryl methyl sites for hydroxylation is 1. The molecule has 3 rings (SSSR count). The van der Waals surface area contributed by atoms with Crippen molar-refractivity contribution in [3.8, 4) is 5.75 Å². The van der Waals surface area contributed by atoms with E-state index >= 15 is 0 Å². The zero-order chi connectivity index (χ0) is 23.6. The van der Waals surface area contributed by atoms with Crippen LogP contribution in [0.5, 0.6) is 5.75 Å². The van der Waals surface area contributed by atoms with Gasteiger partial charge in [-0.05, 0) is 31.5 Å². The van der Waals surface area contributed by atoms with Gasteiger partial charge in [0.1, 0.15) is 11.6 Å². The molecular formula is C20H22FKN6O5. The monoisotopic (exact) mass is 484 g/mol. The molecule has 0 aliphatic heterocycles. The van der Waals surface area contributed by atoms with Crippen LogP contribution >= 0.6 is 0 Å². The summed E-state index contributed by atoms with van der Waals surface area (Å²) in [5.41, 5.74) is -2.06. The number of nitrogens with zero attached hydrogens (tertiary/aromatic N) is 4. The van der Waals surface area contributed by atoms with E-state index in [1.165, 1.54) is 38.2 Å². The van der Waals surface area contributed by atoms with E-state index in [0.29, 0.717) is 5.56 Å². The van der Waals surface area contributed by atoms with E-state index in [2.05, 4.69) is 25.8 Å². The number of aromatic hydroxyl groups is 1. The molecule has 0 radical (unpaired) electrons. The first kappa shape index (κ1) is 26.8. The fraction of sp³-hybridized carbons (Fsp3) is 0.300. The number of hydrogen-bond donors (Lipinski definition) is 3. The summed E-state index contributed by atoms with van der Waals surface area (Å²) in [4.78, 5) is 41.7. The van der Waals surface area contributed by atoms with E-state index < -0.39 is 40.2 Å². The first-order valence-corrected chi connectivity index (χ1v) is 9.45. The molecule has 0 bridgehead atoms. The fourth-order valence-corrected chi connectivity index (χ4v) is 2.96. The standard InChI is InChI=1S/C20H21FN6O5.K.H/c1-10-25-26-17(32-10)16(30)24-20(2,3)19-23-13(14(28)18(31)27(19)4)15(29)22-9-11-5-7-12(21)8-6-11;;/h5-8,28H,9H2,1-4H3,(H,22,29)(H,24,30);;. The molecule has 0 saturated heterocycles. The summed E-state index contributed by atoms with van der Waals surface area (Å²) in [6, 6.07) is 5.44. The number of rotatable bonds is 6. The molecule has 11 nitrogen and oxygen atoms in total. The predicted octanol–water partition coefficient (Wildman–Crippen LogP) is 0.263. The Morgan fingerprint density at radius 3 is 2.39 bits per heavy atom. The van der Waals surface area contributed by atoms with Gasteiger partial charge in [-0.25, -0.2) is 9.37 Å². The van der Waals surface area contributed by atoms with E-state index in [4.69, 9.17) is 4.42 Å². The number of halogens is 1. The van der Waals surface area contributed by atoms with Crippen LogP contribution in [0.2, 0.25) is 0 Å². The van der Waals surface area contributed by atoms with E-state index in [1.807, 2.05) is 0 Å². The van der Waals surface area contributed by atoms with Crippen LogP contribution in [0.3, 0.4) is 0 Å². The third-order valence-corrected chi connectivity index (χ3v) is 4.55. The maximum atomic E-state index is 13.0. The van der Waals surface area contributed by atoms with Gasteiger partial charge < -0.3 is 20.2 Å². The fourth-order valence-electron chi connectivity index (χ4n) is 2.96. The van der Waals surface area contributed by atoms with Crippen LogP contribution in [-0.4, -0.2) is 88.1 Å². The predicted molar refractivity (Wildman–Crippen MR) is 115 cm³/mol. The normalized spacial score (nSPS) is 10.9. The molecular weight excluding hydrogens is 462 g/mol. The van der Waals surface area contributed by atoms with Crippen LogP contribution < -0.4 is 16.2 Å². The number of amides is 2. The van der Waals surface area contributed by atoms with Gasteiger partial charge in [0.15, 0.2) is 5.69 Å². The second-order valence-electron chi connectivity index (χ2n) is 7.51. The molecule has 3 aromatic rings. The third-order valence-electron chi connectivity index (χ3n) is 4.55. The van der Waals surface area contributed by atoms with Gasteiger partial charge in [0.05, 0.1) is 5.54 Å². The Morgan fingerprint density at radius 2 is 1.82 bits per heavy atom. The number of aromatic nitrogens is 4. The Bertz CT molecular complexity index is 1240. The molecule has 0 aliphatic rings. The number of benzene rings is 1. The van der Waals surface area contributed by atoms with Gasteiger partial charge in [-0.15, -0.1) is 10.2 Å². The molecule has 170 valence electrons. The van der Waals surface area contributed by atoms with E-state index in [-0.39, 0.29) is 75.5 Å².